The summed E-state index contributed by atoms with van der Waals surface area (Å²) in [6, 6.07) is 4.71. The molecule has 3 heteroatoms. The molecule has 0 radical (unpaired) electrons. The maximum atomic E-state index is 6.40. The zero-order valence-corrected chi connectivity index (χ0v) is 12.3. The van der Waals surface area contributed by atoms with Crippen LogP contribution >= 0.6 is 0 Å². The Morgan fingerprint density at radius 3 is 2.95 bits per heavy atom. The van der Waals surface area contributed by atoms with E-state index in [0.29, 0.717) is 6.04 Å². The largest absolute Gasteiger partial charge is 0.326 e. The molecule has 1 aliphatic rings. The standard InChI is InChI=1S/C16H27N3/c1-3-13-7-6-10-19(12-13)16(15(17)4-2)14-8-5-9-18-11-14/h5,8-9,11,13,15-16H,3-4,6-7,10,12,17H2,1-2H3. The number of nitrogens with two attached hydrogens (primary N) is 1. The van der Waals surface area contributed by atoms with Crippen LogP contribution in [0.15, 0.2) is 24.5 Å². The van der Waals surface area contributed by atoms with Gasteiger partial charge in [0.25, 0.3) is 0 Å². The van der Waals surface area contributed by atoms with Crippen molar-refractivity contribution >= 4 is 0 Å². The molecule has 0 bridgehead atoms. The van der Waals surface area contributed by atoms with Gasteiger partial charge in [-0.15, -0.1) is 0 Å². The van der Waals surface area contributed by atoms with E-state index in [1.54, 1.807) is 0 Å². The molecule has 2 rings (SSSR count). The first-order chi connectivity index (χ1) is 9.26. The third kappa shape index (κ3) is 3.54. The Labute approximate surface area is 117 Å². The molecule has 0 aromatic carbocycles. The Kier molecular flexibility index (Phi) is 5.34. The highest BCUT2D eigenvalue weighted by Crippen LogP contribution is 2.30. The maximum absolute atomic E-state index is 6.40. The minimum Gasteiger partial charge on any atom is -0.326 e. The predicted molar refractivity (Wildman–Crippen MR) is 79.8 cm³/mol. The van der Waals surface area contributed by atoms with Crippen LogP contribution in [0.25, 0.3) is 0 Å². The van der Waals surface area contributed by atoms with Crippen LogP contribution in [0.5, 0.6) is 0 Å². The molecule has 106 valence electrons. The predicted octanol–water partition coefficient (Wildman–Crippen LogP) is 2.98. The lowest BCUT2D eigenvalue weighted by molar-refractivity contribution is 0.104. The highest BCUT2D eigenvalue weighted by atomic mass is 15.2. The second kappa shape index (κ2) is 7.01. The van der Waals surface area contributed by atoms with Gasteiger partial charge in [0.15, 0.2) is 0 Å². The molecule has 1 saturated heterocycles. The highest BCUT2D eigenvalue weighted by molar-refractivity contribution is 5.16. The Bertz CT molecular complexity index is 366. The molecular formula is C16H27N3. The molecule has 0 saturated carbocycles. The molecule has 0 aliphatic carbocycles. The van der Waals surface area contributed by atoms with Gasteiger partial charge in [-0.1, -0.05) is 26.3 Å². The SMILES string of the molecule is CCC1CCCN(C(c2cccnc2)C(N)CC)C1. The molecule has 3 atom stereocenters. The summed E-state index contributed by atoms with van der Waals surface area (Å²) >= 11 is 0. The maximum Gasteiger partial charge on any atom is 0.0514 e. The van der Waals surface area contributed by atoms with Crippen molar-refractivity contribution in [3.05, 3.63) is 30.1 Å². The fourth-order valence-corrected chi connectivity index (χ4v) is 3.19. The third-order valence-electron chi connectivity index (χ3n) is 4.42. The van der Waals surface area contributed by atoms with E-state index in [0.717, 1.165) is 12.3 Å². The second-order valence-corrected chi connectivity index (χ2v) is 5.71. The minimum absolute atomic E-state index is 0.194. The van der Waals surface area contributed by atoms with E-state index in [-0.39, 0.29) is 6.04 Å². The van der Waals surface area contributed by atoms with Gasteiger partial charge in [-0.25, -0.2) is 0 Å². The van der Waals surface area contributed by atoms with E-state index in [9.17, 15) is 0 Å². The van der Waals surface area contributed by atoms with Crippen molar-refractivity contribution in [1.82, 2.24) is 9.88 Å². The Balaban J connectivity index is 2.18. The Hall–Kier alpha value is -0.930. The molecule has 19 heavy (non-hydrogen) atoms. The van der Waals surface area contributed by atoms with Gasteiger partial charge in [-0.05, 0) is 43.4 Å². The number of rotatable bonds is 5. The molecule has 1 aromatic heterocycles. The summed E-state index contributed by atoms with van der Waals surface area (Å²) in [6.45, 7) is 6.83. The van der Waals surface area contributed by atoms with Crippen LogP contribution in [-0.4, -0.2) is 29.0 Å². The minimum atomic E-state index is 0.194. The molecule has 2 N–H and O–H groups in total. The summed E-state index contributed by atoms with van der Waals surface area (Å²) in [6.07, 6.45) is 8.77. The van der Waals surface area contributed by atoms with Crippen molar-refractivity contribution in [2.45, 2.75) is 51.6 Å². The van der Waals surface area contributed by atoms with Gasteiger partial charge in [-0.2, -0.15) is 0 Å². The van der Waals surface area contributed by atoms with E-state index in [1.165, 1.54) is 37.9 Å². The number of piperidine rings is 1. The van der Waals surface area contributed by atoms with Gasteiger partial charge in [0, 0.05) is 25.0 Å². The van der Waals surface area contributed by atoms with Gasteiger partial charge in [0.05, 0.1) is 6.04 Å². The fourth-order valence-electron chi connectivity index (χ4n) is 3.19. The summed E-state index contributed by atoms with van der Waals surface area (Å²) in [7, 11) is 0. The number of aromatic nitrogens is 1. The normalized spacial score (nSPS) is 24.1. The van der Waals surface area contributed by atoms with Crippen molar-refractivity contribution in [2.24, 2.45) is 11.7 Å². The van der Waals surface area contributed by atoms with Crippen molar-refractivity contribution in [3.63, 3.8) is 0 Å². The quantitative estimate of drug-likeness (QED) is 0.886. The van der Waals surface area contributed by atoms with E-state index in [2.05, 4.69) is 29.8 Å². The lowest BCUT2D eigenvalue weighted by Crippen LogP contribution is -2.45. The Morgan fingerprint density at radius 2 is 2.32 bits per heavy atom. The lowest BCUT2D eigenvalue weighted by Gasteiger charge is -2.40. The van der Waals surface area contributed by atoms with Gasteiger partial charge in [-0.3, -0.25) is 9.88 Å². The van der Waals surface area contributed by atoms with E-state index < -0.39 is 0 Å². The van der Waals surface area contributed by atoms with Crippen molar-refractivity contribution in [1.29, 1.82) is 0 Å². The molecule has 0 amide bonds. The monoisotopic (exact) mass is 261 g/mol. The Morgan fingerprint density at radius 1 is 1.47 bits per heavy atom. The lowest BCUT2D eigenvalue weighted by atomic mass is 9.90. The highest BCUT2D eigenvalue weighted by Gasteiger charge is 2.29. The average Bonchev–Trinajstić information content (AvgIpc) is 2.48. The van der Waals surface area contributed by atoms with E-state index >= 15 is 0 Å². The van der Waals surface area contributed by atoms with E-state index in [4.69, 9.17) is 5.73 Å². The number of nitrogens with zero attached hydrogens (tertiary/aromatic N) is 2. The van der Waals surface area contributed by atoms with Crippen LogP contribution in [0.1, 0.15) is 51.1 Å². The molecular weight excluding hydrogens is 234 g/mol. The summed E-state index contributed by atoms with van der Waals surface area (Å²) in [5.41, 5.74) is 7.67. The molecule has 1 fully saturated rings. The first-order valence-electron chi connectivity index (χ1n) is 7.65. The molecule has 1 aliphatic heterocycles. The van der Waals surface area contributed by atoms with Crippen molar-refractivity contribution < 1.29 is 0 Å². The molecule has 3 unspecified atom stereocenters. The van der Waals surface area contributed by atoms with Crippen LogP contribution in [0.3, 0.4) is 0 Å². The van der Waals surface area contributed by atoms with Gasteiger partial charge in [0.1, 0.15) is 0 Å². The molecule has 0 spiro atoms. The first-order valence-corrected chi connectivity index (χ1v) is 7.65. The number of pyridine rings is 1. The second-order valence-electron chi connectivity index (χ2n) is 5.71. The fraction of sp³-hybridized carbons (Fsp3) is 0.688. The number of hydrogen-bond acceptors (Lipinski definition) is 3. The zero-order chi connectivity index (χ0) is 13.7. The molecule has 3 nitrogen and oxygen atoms in total. The summed E-state index contributed by atoms with van der Waals surface area (Å²) < 4.78 is 0. The van der Waals surface area contributed by atoms with Gasteiger partial charge < -0.3 is 5.73 Å². The van der Waals surface area contributed by atoms with Crippen LogP contribution in [0.4, 0.5) is 0 Å². The topological polar surface area (TPSA) is 42.2 Å². The molecule has 1 aromatic rings. The summed E-state index contributed by atoms with van der Waals surface area (Å²) in [4.78, 5) is 6.86. The van der Waals surface area contributed by atoms with E-state index in [1.807, 2.05) is 18.5 Å². The van der Waals surface area contributed by atoms with Crippen molar-refractivity contribution in [3.8, 4) is 0 Å². The zero-order valence-electron chi connectivity index (χ0n) is 12.3. The summed E-state index contributed by atoms with van der Waals surface area (Å²) in [5.74, 6) is 0.831. The van der Waals surface area contributed by atoms with Crippen LogP contribution in [0, 0.1) is 5.92 Å². The number of hydrogen-bond donors (Lipinski definition) is 1. The van der Waals surface area contributed by atoms with Gasteiger partial charge in [0.2, 0.25) is 0 Å². The summed E-state index contributed by atoms with van der Waals surface area (Å²) in [5, 5.41) is 0. The van der Waals surface area contributed by atoms with Gasteiger partial charge >= 0.3 is 0 Å². The van der Waals surface area contributed by atoms with Crippen molar-refractivity contribution in [2.75, 3.05) is 13.1 Å². The first kappa shape index (κ1) is 14.5. The molecule has 2 heterocycles. The third-order valence-corrected chi connectivity index (χ3v) is 4.42. The number of likely N-dealkylation sites (tertiary alicyclic amines) is 1. The van der Waals surface area contributed by atoms with Crippen LogP contribution < -0.4 is 5.73 Å². The average molecular weight is 261 g/mol. The van der Waals surface area contributed by atoms with Crippen LogP contribution in [0.2, 0.25) is 0 Å². The van der Waals surface area contributed by atoms with Crippen LogP contribution in [-0.2, 0) is 0 Å². The smallest absolute Gasteiger partial charge is 0.0514 e.